The number of anilines is 2. The van der Waals surface area contributed by atoms with E-state index in [1.807, 2.05) is 0 Å². The normalized spacial score (nSPS) is 12.6. The molecule has 2 heteroatoms. The van der Waals surface area contributed by atoms with Crippen LogP contribution in [0.25, 0.3) is 22.3 Å². The minimum Gasteiger partial charge on any atom is -0.380 e. The van der Waals surface area contributed by atoms with Crippen molar-refractivity contribution < 1.29 is 0 Å². The second-order valence-corrected chi connectivity index (χ2v) is 7.11. The van der Waals surface area contributed by atoms with Gasteiger partial charge in [0.1, 0.15) is 0 Å². The van der Waals surface area contributed by atoms with Gasteiger partial charge in [-0.1, -0.05) is 84.9 Å². The first kappa shape index (κ1) is 16.6. The van der Waals surface area contributed by atoms with E-state index in [-0.39, 0.29) is 0 Å². The van der Waals surface area contributed by atoms with Crippen LogP contribution in [0.3, 0.4) is 0 Å². The third-order valence-electron chi connectivity index (χ3n) is 5.41. The summed E-state index contributed by atoms with van der Waals surface area (Å²) in [6.07, 6.45) is 0. The van der Waals surface area contributed by atoms with Crippen molar-refractivity contribution in [1.82, 2.24) is 0 Å². The van der Waals surface area contributed by atoms with Crippen molar-refractivity contribution in [2.75, 3.05) is 10.6 Å². The fraction of sp³-hybridized carbons (Fsp3) is 0.0769. The molecule has 0 atom stereocenters. The summed E-state index contributed by atoms with van der Waals surface area (Å²) in [4.78, 5) is 0. The highest BCUT2D eigenvalue weighted by molar-refractivity contribution is 5.86. The Labute approximate surface area is 165 Å². The van der Waals surface area contributed by atoms with Gasteiger partial charge in [0, 0.05) is 35.6 Å². The first-order valence-corrected chi connectivity index (χ1v) is 9.72. The third kappa shape index (κ3) is 3.03. The first-order chi connectivity index (χ1) is 13.9. The van der Waals surface area contributed by atoms with E-state index in [1.54, 1.807) is 0 Å². The Hall–Kier alpha value is -3.52. The molecule has 0 saturated carbocycles. The lowest BCUT2D eigenvalue weighted by Gasteiger charge is -2.20. The molecule has 4 aromatic carbocycles. The molecule has 1 aliphatic heterocycles. The summed E-state index contributed by atoms with van der Waals surface area (Å²) in [7, 11) is 0. The molecule has 0 spiro atoms. The number of fused-ring (bicyclic) bond motifs is 6. The fourth-order valence-corrected chi connectivity index (χ4v) is 4.00. The summed E-state index contributed by atoms with van der Waals surface area (Å²) >= 11 is 0. The monoisotopic (exact) mass is 362 g/mol. The van der Waals surface area contributed by atoms with E-state index in [0.29, 0.717) is 0 Å². The maximum Gasteiger partial charge on any atom is 0.0423 e. The molecule has 5 rings (SSSR count). The van der Waals surface area contributed by atoms with E-state index in [0.717, 1.165) is 24.5 Å². The Morgan fingerprint density at radius 3 is 1.21 bits per heavy atom. The Balaban J connectivity index is 1.70. The molecular weight excluding hydrogens is 340 g/mol. The summed E-state index contributed by atoms with van der Waals surface area (Å²) in [5.41, 5.74) is 9.93. The van der Waals surface area contributed by atoms with Gasteiger partial charge in [-0.15, -0.1) is 0 Å². The van der Waals surface area contributed by atoms with E-state index in [1.165, 1.54) is 33.4 Å². The van der Waals surface area contributed by atoms with Gasteiger partial charge in [-0.2, -0.15) is 0 Å². The number of hydrogen-bond donors (Lipinski definition) is 2. The van der Waals surface area contributed by atoms with Crippen LogP contribution < -0.4 is 10.6 Å². The number of benzene rings is 4. The van der Waals surface area contributed by atoms with Crippen LogP contribution in [0, 0.1) is 0 Å². The summed E-state index contributed by atoms with van der Waals surface area (Å²) in [5, 5.41) is 7.36. The Morgan fingerprint density at radius 2 is 0.750 bits per heavy atom. The molecule has 0 saturated heterocycles. The van der Waals surface area contributed by atoms with Crippen LogP contribution in [0.2, 0.25) is 0 Å². The molecular formula is C26H22N2. The second-order valence-electron chi connectivity index (χ2n) is 7.11. The summed E-state index contributed by atoms with van der Waals surface area (Å²) in [5.74, 6) is 0. The molecule has 0 unspecified atom stereocenters. The van der Waals surface area contributed by atoms with Gasteiger partial charge in [-0.3, -0.25) is 0 Å². The van der Waals surface area contributed by atoms with Crippen LogP contribution in [-0.4, -0.2) is 0 Å². The topological polar surface area (TPSA) is 24.1 Å². The highest BCUT2D eigenvalue weighted by atomic mass is 14.9. The van der Waals surface area contributed by atoms with Gasteiger partial charge in [-0.05, 0) is 34.4 Å². The molecule has 0 aromatic heterocycles. The van der Waals surface area contributed by atoms with Crippen LogP contribution in [0.1, 0.15) is 11.1 Å². The highest BCUT2D eigenvalue weighted by Crippen LogP contribution is 2.36. The minimum absolute atomic E-state index is 0.789. The van der Waals surface area contributed by atoms with Crippen molar-refractivity contribution in [3.05, 3.63) is 108 Å². The van der Waals surface area contributed by atoms with Crippen LogP contribution >= 0.6 is 0 Å². The maximum absolute atomic E-state index is 3.68. The van der Waals surface area contributed by atoms with Crippen LogP contribution in [0.4, 0.5) is 11.4 Å². The largest absolute Gasteiger partial charge is 0.380 e. The zero-order chi connectivity index (χ0) is 18.8. The molecule has 28 heavy (non-hydrogen) atoms. The molecule has 0 fully saturated rings. The van der Waals surface area contributed by atoms with Gasteiger partial charge in [0.15, 0.2) is 0 Å². The quantitative estimate of drug-likeness (QED) is 0.370. The fourth-order valence-electron chi connectivity index (χ4n) is 4.00. The van der Waals surface area contributed by atoms with Crippen LogP contribution in [0.15, 0.2) is 97.1 Å². The number of rotatable bonds is 0. The molecule has 1 heterocycles. The van der Waals surface area contributed by atoms with E-state index in [4.69, 9.17) is 0 Å². The average Bonchev–Trinajstić information content (AvgIpc) is 2.76. The predicted molar refractivity (Wildman–Crippen MR) is 118 cm³/mol. The lowest BCUT2D eigenvalue weighted by molar-refractivity contribution is 1.12. The number of hydrogen-bond acceptors (Lipinski definition) is 2. The molecule has 0 aliphatic carbocycles. The van der Waals surface area contributed by atoms with Crippen molar-refractivity contribution in [2.45, 2.75) is 13.1 Å². The molecule has 2 nitrogen and oxygen atoms in total. The third-order valence-corrected chi connectivity index (χ3v) is 5.41. The lowest BCUT2D eigenvalue weighted by atomic mass is 9.94. The van der Waals surface area contributed by atoms with E-state index in [9.17, 15) is 0 Å². The molecule has 0 bridgehead atoms. The smallest absolute Gasteiger partial charge is 0.0423 e. The Bertz CT molecular complexity index is 948. The molecule has 0 radical (unpaired) electrons. The zero-order valence-electron chi connectivity index (χ0n) is 15.7. The van der Waals surface area contributed by atoms with E-state index in [2.05, 4.69) is 108 Å². The molecule has 136 valence electrons. The molecule has 1 aliphatic rings. The summed E-state index contributed by atoms with van der Waals surface area (Å²) in [6.45, 7) is 1.58. The Kier molecular flexibility index (Phi) is 4.30. The van der Waals surface area contributed by atoms with Gasteiger partial charge < -0.3 is 10.6 Å². The van der Waals surface area contributed by atoms with E-state index >= 15 is 0 Å². The number of nitrogens with one attached hydrogen (secondary N) is 2. The summed E-state index contributed by atoms with van der Waals surface area (Å²) in [6, 6.07) is 34.5. The SMILES string of the molecule is c1ccc2c(c1)CNc1ccccc1-c1ccccc1NCc1ccccc1-2. The lowest BCUT2D eigenvalue weighted by Crippen LogP contribution is -2.07. The van der Waals surface area contributed by atoms with Gasteiger partial charge in [0.25, 0.3) is 0 Å². The van der Waals surface area contributed by atoms with Crippen molar-refractivity contribution in [3.63, 3.8) is 0 Å². The van der Waals surface area contributed by atoms with Crippen molar-refractivity contribution in [3.8, 4) is 22.3 Å². The van der Waals surface area contributed by atoms with Crippen LogP contribution in [0.5, 0.6) is 0 Å². The predicted octanol–water partition coefficient (Wildman–Crippen LogP) is 6.56. The standard InChI is InChI=1S/C26H22N2/c1-3-11-21-19(9-1)17-27-25-15-7-5-13-23(25)24-14-6-8-16-26(24)28-18-20-10-2-4-12-22(20)21/h1-16,27-28H,17-18H2. The van der Waals surface area contributed by atoms with Crippen molar-refractivity contribution >= 4 is 11.4 Å². The molecule has 0 amide bonds. The minimum atomic E-state index is 0.789. The summed E-state index contributed by atoms with van der Waals surface area (Å²) < 4.78 is 0. The molecule has 4 aromatic rings. The van der Waals surface area contributed by atoms with Crippen molar-refractivity contribution in [2.24, 2.45) is 0 Å². The zero-order valence-corrected chi connectivity index (χ0v) is 15.7. The van der Waals surface area contributed by atoms with Crippen LogP contribution in [-0.2, 0) is 13.1 Å². The molecule has 2 N–H and O–H groups in total. The van der Waals surface area contributed by atoms with Gasteiger partial charge in [-0.25, -0.2) is 0 Å². The highest BCUT2D eigenvalue weighted by Gasteiger charge is 2.14. The van der Waals surface area contributed by atoms with Crippen molar-refractivity contribution in [1.29, 1.82) is 0 Å². The Morgan fingerprint density at radius 1 is 0.393 bits per heavy atom. The van der Waals surface area contributed by atoms with Gasteiger partial charge >= 0.3 is 0 Å². The second kappa shape index (κ2) is 7.24. The number of para-hydroxylation sites is 2. The maximum atomic E-state index is 3.68. The van der Waals surface area contributed by atoms with Gasteiger partial charge in [0.05, 0.1) is 0 Å². The average molecular weight is 362 g/mol. The first-order valence-electron chi connectivity index (χ1n) is 9.72. The van der Waals surface area contributed by atoms with Gasteiger partial charge in [0.2, 0.25) is 0 Å². The van der Waals surface area contributed by atoms with E-state index < -0.39 is 0 Å².